The SMILES string of the molecule is O=C1C2C(c3ccccc3O)NC(Cc3ccc(O)cc3)(C(=O)O)C2C(=O)N1Cc1ccccc1. The first-order valence-corrected chi connectivity index (χ1v) is 11.3. The van der Waals surface area contributed by atoms with Crippen LogP contribution in [0, 0.1) is 11.8 Å². The summed E-state index contributed by atoms with van der Waals surface area (Å²) in [6.45, 7) is 0.0356. The van der Waals surface area contributed by atoms with Crippen molar-refractivity contribution in [3.8, 4) is 11.5 Å². The van der Waals surface area contributed by atoms with Gasteiger partial charge in [0, 0.05) is 18.0 Å². The van der Waals surface area contributed by atoms with Gasteiger partial charge in [-0.2, -0.15) is 0 Å². The van der Waals surface area contributed by atoms with Crippen molar-refractivity contribution in [1.82, 2.24) is 10.2 Å². The van der Waals surface area contributed by atoms with Gasteiger partial charge in [-0.15, -0.1) is 0 Å². The molecule has 2 heterocycles. The van der Waals surface area contributed by atoms with Crippen LogP contribution in [0.3, 0.4) is 0 Å². The number of likely N-dealkylation sites (tertiary alicyclic amines) is 1. The lowest BCUT2D eigenvalue weighted by molar-refractivity contribution is -0.151. The van der Waals surface area contributed by atoms with E-state index in [1.54, 1.807) is 54.6 Å². The average Bonchev–Trinajstić information content (AvgIpc) is 3.31. The van der Waals surface area contributed by atoms with Gasteiger partial charge < -0.3 is 15.3 Å². The summed E-state index contributed by atoms with van der Waals surface area (Å²) in [4.78, 5) is 41.4. The molecule has 0 spiro atoms. The van der Waals surface area contributed by atoms with Crippen LogP contribution in [-0.2, 0) is 27.3 Å². The van der Waals surface area contributed by atoms with Gasteiger partial charge in [0.1, 0.15) is 17.0 Å². The molecule has 178 valence electrons. The first kappa shape index (κ1) is 22.6. The van der Waals surface area contributed by atoms with E-state index in [9.17, 15) is 29.7 Å². The Morgan fingerprint density at radius 2 is 1.51 bits per heavy atom. The number of benzene rings is 3. The van der Waals surface area contributed by atoms with Gasteiger partial charge in [0.05, 0.1) is 18.4 Å². The normalized spacial score (nSPS) is 25.6. The molecular formula is C27H24N2O6. The predicted octanol–water partition coefficient (Wildman–Crippen LogP) is 2.61. The van der Waals surface area contributed by atoms with Crippen molar-refractivity contribution in [2.45, 2.75) is 24.5 Å². The number of nitrogens with one attached hydrogen (secondary N) is 1. The number of para-hydroxylation sites is 1. The number of nitrogens with zero attached hydrogens (tertiary/aromatic N) is 1. The highest BCUT2D eigenvalue weighted by molar-refractivity contribution is 6.09. The molecule has 8 heteroatoms. The molecule has 2 saturated heterocycles. The fourth-order valence-electron chi connectivity index (χ4n) is 5.37. The van der Waals surface area contributed by atoms with E-state index in [4.69, 9.17) is 0 Å². The van der Waals surface area contributed by atoms with Crippen molar-refractivity contribution in [3.05, 3.63) is 95.6 Å². The van der Waals surface area contributed by atoms with E-state index in [2.05, 4.69) is 5.32 Å². The number of amides is 2. The molecule has 2 amide bonds. The zero-order valence-corrected chi connectivity index (χ0v) is 18.7. The molecule has 0 bridgehead atoms. The molecular weight excluding hydrogens is 448 g/mol. The van der Waals surface area contributed by atoms with Crippen molar-refractivity contribution >= 4 is 17.8 Å². The zero-order valence-electron chi connectivity index (χ0n) is 18.7. The lowest BCUT2D eigenvalue weighted by Gasteiger charge is -2.31. The summed E-state index contributed by atoms with van der Waals surface area (Å²) in [7, 11) is 0. The molecule has 4 unspecified atom stereocenters. The molecule has 2 fully saturated rings. The van der Waals surface area contributed by atoms with Gasteiger partial charge in [-0.05, 0) is 29.3 Å². The van der Waals surface area contributed by atoms with E-state index < -0.39 is 41.2 Å². The Labute approximate surface area is 201 Å². The summed E-state index contributed by atoms with van der Waals surface area (Å²) in [5.41, 5.74) is -0.108. The van der Waals surface area contributed by atoms with Crippen molar-refractivity contribution < 1.29 is 29.7 Å². The minimum absolute atomic E-state index is 0.0311. The molecule has 2 aliphatic rings. The highest BCUT2D eigenvalue weighted by Gasteiger charge is 2.68. The standard InChI is InChI=1S/C27H24N2O6/c30-18-12-10-16(11-13-18)14-27(26(34)35)22-21(23(28-27)19-8-4-5-9-20(19)31)24(32)29(25(22)33)15-17-6-2-1-3-7-17/h1-13,21-23,28,30-31H,14-15H2,(H,34,35). The summed E-state index contributed by atoms with van der Waals surface area (Å²) >= 11 is 0. The number of carbonyl (C=O) groups is 3. The van der Waals surface area contributed by atoms with E-state index in [1.807, 2.05) is 6.07 Å². The molecule has 3 aromatic rings. The molecule has 3 aromatic carbocycles. The van der Waals surface area contributed by atoms with Gasteiger partial charge in [-0.3, -0.25) is 24.6 Å². The van der Waals surface area contributed by atoms with Crippen LogP contribution in [-0.4, -0.2) is 43.5 Å². The van der Waals surface area contributed by atoms with E-state index in [0.29, 0.717) is 11.1 Å². The first-order chi connectivity index (χ1) is 16.8. The fraction of sp³-hybridized carbons (Fsp3) is 0.222. The van der Waals surface area contributed by atoms with Gasteiger partial charge in [0.25, 0.3) is 0 Å². The van der Waals surface area contributed by atoms with Crippen LogP contribution in [0.4, 0.5) is 0 Å². The van der Waals surface area contributed by atoms with E-state index in [1.165, 1.54) is 18.2 Å². The topological polar surface area (TPSA) is 127 Å². The maximum atomic E-state index is 13.7. The van der Waals surface area contributed by atoms with Crippen LogP contribution < -0.4 is 5.32 Å². The Hall–Kier alpha value is -4.17. The number of carboxylic acids is 1. The van der Waals surface area contributed by atoms with Gasteiger partial charge >= 0.3 is 5.97 Å². The Kier molecular flexibility index (Phi) is 5.53. The number of hydrogen-bond donors (Lipinski definition) is 4. The lowest BCUT2D eigenvalue weighted by atomic mass is 9.76. The molecule has 0 radical (unpaired) electrons. The number of hydrogen-bond acceptors (Lipinski definition) is 6. The monoisotopic (exact) mass is 472 g/mol. The van der Waals surface area contributed by atoms with Crippen molar-refractivity contribution in [2.75, 3.05) is 0 Å². The third-order valence-electron chi connectivity index (χ3n) is 7.00. The average molecular weight is 472 g/mol. The van der Waals surface area contributed by atoms with E-state index >= 15 is 0 Å². The number of aromatic hydroxyl groups is 2. The minimum Gasteiger partial charge on any atom is -0.508 e. The summed E-state index contributed by atoms with van der Waals surface area (Å²) in [6, 6.07) is 20.6. The maximum Gasteiger partial charge on any atom is 0.325 e. The van der Waals surface area contributed by atoms with Crippen LogP contribution in [0.25, 0.3) is 0 Å². The van der Waals surface area contributed by atoms with Crippen LogP contribution in [0.1, 0.15) is 22.7 Å². The van der Waals surface area contributed by atoms with Crippen molar-refractivity contribution in [3.63, 3.8) is 0 Å². The number of phenolic OH excluding ortho intramolecular Hbond substituents is 2. The number of carboxylic acid groups (broad SMARTS) is 1. The number of aliphatic carboxylic acids is 1. The number of rotatable bonds is 6. The third-order valence-corrected chi connectivity index (χ3v) is 7.00. The van der Waals surface area contributed by atoms with Crippen molar-refractivity contribution in [1.29, 1.82) is 0 Å². The van der Waals surface area contributed by atoms with Gasteiger partial charge in [-0.25, -0.2) is 0 Å². The summed E-state index contributed by atoms with van der Waals surface area (Å²) in [5.74, 6) is -4.54. The summed E-state index contributed by atoms with van der Waals surface area (Å²) in [5, 5.41) is 33.8. The molecule has 0 saturated carbocycles. The number of carbonyl (C=O) groups excluding carboxylic acids is 2. The minimum atomic E-state index is -1.80. The molecule has 5 rings (SSSR count). The van der Waals surface area contributed by atoms with Crippen LogP contribution >= 0.6 is 0 Å². The largest absolute Gasteiger partial charge is 0.508 e. The van der Waals surface area contributed by atoms with Gasteiger partial charge in [0.15, 0.2) is 0 Å². The Morgan fingerprint density at radius 3 is 2.17 bits per heavy atom. The Bertz CT molecular complexity index is 1290. The quantitative estimate of drug-likeness (QED) is 0.406. The van der Waals surface area contributed by atoms with Crippen molar-refractivity contribution in [2.24, 2.45) is 11.8 Å². The second-order valence-electron chi connectivity index (χ2n) is 9.05. The van der Waals surface area contributed by atoms with Gasteiger partial charge in [0.2, 0.25) is 11.8 Å². The van der Waals surface area contributed by atoms with E-state index in [0.717, 1.165) is 10.5 Å². The van der Waals surface area contributed by atoms with E-state index in [-0.39, 0.29) is 24.5 Å². The second kappa shape index (κ2) is 8.56. The summed E-state index contributed by atoms with van der Waals surface area (Å²) < 4.78 is 0. The summed E-state index contributed by atoms with van der Waals surface area (Å²) in [6.07, 6.45) is -0.0912. The number of fused-ring (bicyclic) bond motifs is 1. The third kappa shape index (κ3) is 3.72. The molecule has 35 heavy (non-hydrogen) atoms. The second-order valence-corrected chi connectivity index (χ2v) is 9.05. The molecule has 0 aliphatic carbocycles. The highest BCUT2D eigenvalue weighted by atomic mass is 16.4. The highest BCUT2D eigenvalue weighted by Crippen LogP contribution is 2.51. The molecule has 4 N–H and O–H groups in total. The van der Waals surface area contributed by atoms with Crippen LogP contribution in [0.2, 0.25) is 0 Å². The molecule has 0 aromatic heterocycles. The number of phenols is 2. The zero-order chi connectivity index (χ0) is 24.7. The molecule has 8 nitrogen and oxygen atoms in total. The smallest absolute Gasteiger partial charge is 0.325 e. The number of imide groups is 1. The Balaban J connectivity index is 1.61. The first-order valence-electron chi connectivity index (χ1n) is 11.3. The molecule has 2 aliphatic heterocycles. The Morgan fingerprint density at radius 1 is 0.857 bits per heavy atom. The maximum absolute atomic E-state index is 13.7. The molecule has 4 atom stereocenters. The fourth-order valence-corrected chi connectivity index (χ4v) is 5.37. The van der Waals surface area contributed by atoms with Gasteiger partial charge in [-0.1, -0.05) is 60.7 Å². The van der Waals surface area contributed by atoms with Crippen LogP contribution in [0.5, 0.6) is 11.5 Å². The lowest BCUT2D eigenvalue weighted by Crippen LogP contribution is -2.57. The van der Waals surface area contributed by atoms with Crippen LogP contribution in [0.15, 0.2) is 78.9 Å². The predicted molar refractivity (Wildman–Crippen MR) is 125 cm³/mol.